The molecule has 0 radical (unpaired) electrons. The molecule has 1 aliphatic carbocycles. The van der Waals surface area contributed by atoms with Gasteiger partial charge >= 0.3 is 0 Å². The van der Waals surface area contributed by atoms with Gasteiger partial charge in [-0.1, -0.05) is 11.3 Å². The van der Waals surface area contributed by atoms with Crippen molar-refractivity contribution in [3.63, 3.8) is 0 Å². The molecule has 1 aromatic heterocycles. The summed E-state index contributed by atoms with van der Waals surface area (Å²) in [6.45, 7) is 1.87. The third-order valence-electron chi connectivity index (χ3n) is 2.87. The number of carbonyl (C=O) groups is 1. The van der Waals surface area contributed by atoms with Gasteiger partial charge in [0.05, 0.1) is 23.8 Å². The number of methoxy groups -OCH3 is 2. The normalized spacial score (nSPS) is 14.8. The number of thiazole rings is 1. The monoisotopic (exact) mass is 270 g/mol. The van der Waals surface area contributed by atoms with Crippen LogP contribution in [0.5, 0.6) is 0 Å². The molecule has 100 valence electrons. The van der Waals surface area contributed by atoms with Crippen molar-refractivity contribution in [2.24, 2.45) is 0 Å². The summed E-state index contributed by atoms with van der Waals surface area (Å²) >= 11 is 1.44. The van der Waals surface area contributed by atoms with Gasteiger partial charge in [-0.05, 0) is 12.8 Å². The first-order valence-electron chi connectivity index (χ1n) is 5.99. The minimum Gasteiger partial charge on any atom is -0.383 e. The number of carbonyl (C=O) groups excluding carboxylic acids is 1. The molecule has 0 spiro atoms. The van der Waals surface area contributed by atoms with Gasteiger partial charge in [-0.2, -0.15) is 0 Å². The molecular weight excluding hydrogens is 252 g/mol. The Bertz CT molecular complexity index is 404. The predicted octanol–water partition coefficient (Wildman–Crippen LogP) is 1.72. The molecule has 1 aromatic rings. The second-order valence-corrected chi connectivity index (χ2v) is 5.28. The molecule has 1 heterocycles. The summed E-state index contributed by atoms with van der Waals surface area (Å²) in [4.78, 5) is 18.4. The maximum absolute atomic E-state index is 11.0. The molecule has 2 rings (SSSR count). The number of aldehydes is 1. The summed E-state index contributed by atoms with van der Waals surface area (Å²) in [6.07, 6.45) is 3.25. The topological polar surface area (TPSA) is 51.7 Å². The highest BCUT2D eigenvalue weighted by molar-refractivity contribution is 7.17. The van der Waals surface area contributed by atoms with Crippen LogP contribution >= 0.6 is 11.3 Å². The van der Waals surface area contributed by atoms with E-state index in [1.54, 1.807) is 14.2 Å². The van der Waals surface area contributed by atoms with Crippen molar-refractivity contribution >= 4 is 22.8 Å². The minimum atomic E-state index is 0.382. The number of rotatable bonds is 8. The average Bonchev–Trinajstić information content (AvgIpc) is 3.12. The van der Waals surface area contributed by atoms with Crippen molar-refractivity contribution in [1.82, 2.24) is 4.98 Å². The summed E-state index contributed by atoms with van der Waals surface area (Å²) in [5.41, 5.74) is 0.732. The van der Waals surface area contributed by atoms with Crippen LogP contribution in [0.1, 0.15) is 28.2 Å². The summed E-state index contributed by atoms with van der Waals surface area (Å²) in [6, 6.07) is 0.557. The van der Waals surface area contributed by atoms with Crippen LogP contribution in [0.25, 0.3) is 0 Å². The Morgan fingerprint density at radius 3 is 2.78 bits per heavy atom. The Morgan fingerprint density at radius 2 is 2.22 bits per heavy atom. The largest absolute Gasteiger partial charge is 0.383 e. The zero-order valence-electron chi connectivity index (χ0n) is 10.7. The first kappa shape index (κ1) is 13.5. The standard InChI is InChI=1S/C12H18N2O3S/c1-16-6-5-14(9-3-4-9)12-13-10(8-17-2)11(7-15)18-12/h7,9H,3-6,8H2,1-2H3. The van der Waals surface area contributed by atoms with Gasteiger partial charge in [0.25, 0.3) is 0 Å². The molecule has 1 aliphatic rings. The van der Waals surface area contributed by atoms with Crippen LogP contribution in [0.15, 0.2) is 0 Å². The summed E-state index contributed by atoms with van der Waals surface area (Å²) in [7, 11) is 3.30. The zero-order chi connectivity index (χ0) is 13.0. The quantitative estimate of drug-likeness (QED) is 0.673. The minimum absolute atomic E-state index is 0.382. The molecule has 1 fully saturated rings. The van der Waals surface area contributed by atoms with Crippen molar-refractivity contribution in [2.75, 3.05) is 32.3 Å². The lowest BCUT2D eigenvalue weighted by molar-refractivity contribution is 0.112. The molecule has 0 bridgehead atoms. The second kappa shape index (κ2) is 6.26. The van der Waals surface area contributed by atoms with E-state index in [9.17, 15) is 4.79 Å². The average molecular weight is 270 g/mol. The lowest BCUT2D eigenvalue weighted by Gasteiger charge is -2.20. The fraction of sp³-hybridized carbons (Fsp3) is 0.667. The number of hydrogen-bond acceptors (Lipinski definition) is 6. The molecule has 1 saturated carbocycles. The van der Waals surface area contributed by atoms with E-state index in [-0.39, 0.29) is 0 Å². The van der Waals surface area contributed by atoms with Crippen molar-refractivity contribution < 1.29 is 14.3 Å². The molecule has 0 amide bonds. The maximum atomic E-state index is 11.0. The molecule has 0 atom stereocenters. The summed E-state index contributed by atoms with van der Waals surface area (Å²) in [5.74, 6) is 0. The molecule has 0 aromatic carbocycles. The first-order valence-corrected chi connectivity index (χ1v) is 6.81. The van der Waals surface area contributed by atoms with E-state index in [1.165, 1.54) is 24.2 Å². The van der Waals surface area contributed by atoms with Crippen LogP contribution in [0, 0.1) is 0 Å². The van der Waals surface area contributed by atoms with E-state index in [2.05, 4.69) is 9.88 Å². The van der Waals surface area contributed by atoms with Gasteiger partial charge in [-0.15, -0.1) is 0 Å². The third-order valence-corrected chi connectivity index (χ3v) is 3.93. The zero-order valence-corrected chi connectivity index (χ0v) is 11.5. The van der Waals surface area contributed by atoms with Crippen molar-refractivity contribution in [2.45, 2.75) is 25.5 Å². The van der Waals surface area contributed by atoms with E-state index in [1.807, 2.05) is 0 Å². The smallest absolute Gasteiger partial charge is 0.186 e. The number of aromatic nitrogens is 1. The van der Waals surface area contributed by atoms with E-state index >= 15 is 0 Å². The van der Waals surface area contributed by atoms with E-state index < -0.39 is 0 Å². The van der Waals surface area contributed by atoms with Gasteiger partial charge in [0, 0.05) is 26.8 Å². The molecule has 5 nitrogen and oxygen atoms in total. The highest BCUT2D eigenvalue weighted by Crippen LogP contribution is 2.34. The Balaban J connectivity index is 2.15. The highest BCUT2D eigenvalue weighted by atomic mass is 32.1. The van der Waals surface area contributed by atoms with Crippen LogP contribution in [0.3, 0.4) is 0 Å². The van der Waals surface area contributed by atoms with Gasteiger partial charge in [0.1, 0.15) is 0 Å². The number of nitrogens with zero attached hydrogens (tertiary/aromatic N) is 2. The van der Waals surface area contributed by atoms with Crippen molar-refractivity contribution in [3.05, 3.63) is 10.6 Å². The summed E-state index contributed by atoms with van der Waals surface area (Å²) < 4.78 is 10.2. The Morgan fingerprint density at radius 1 is 1.44 bits per heavy atom. The number of anilines is 1. The van der Waals surface area contributed by atoms with Crippen LogP contribution in [0.2, 0.25) is 0 Å². The van der Waals surface area contributed by atoms with Gasteiger partial charge in [-0.3, -0.25) is 4.79 Å². The SMILES string of the molecule is COCCN(c1nc(COC)c(C=O)s1)C1CC1. The van der Waals surface area contributed by atoms with Crippen LogP contribution in [0.4, 0.5) is 5.13 Å². The van der Waals surface area contributed by atoms with E-state index in [4.69, 9.17) is 9.47 Å². The van der Waals surface area contributed by atoms with Crippen LogP contribution < -0.4 is 4.90 Å². The molecule has 6 heteroatoms. The van der Waals surface area contributed by atoms with E-state index in [0.29, 0.717) is 24.1 Å². The Kier molecular flexibility index (Phi) is 4.68. The van der Waals surface area contributed by atoms with Crippen LogP contribution in [-0.4, -0.2) is 44.7 Å². The molecule has 18 heavy (non-hydrogen) atoms. The molecule has 0 aliphatic heterocycles. The van der Waals surface area contributed by atoms with Gasteiger partial charge in [-0.25, -0.2) is 4.98 Å². The molecule has 0 N–H and O–H groups in total. The lowest BCUT2D eigenvalue weighted by Crippen LogP contribution is -2.29. The van der Waals surface area contributed by atoms with Gasteiger partial charge in [0.15, 0.2) is 11.4 Å². The molecule has 0 saturated heterocycles. The van der Waals surface area contributed by atoms with Crippen LogP contribution in [-0.2, 0) is 16.1 Å². The Hall–Kier alpha value is -0.980. The van der Waals surface area contributed by atoms with Gasteiger partial charge < -0.3 is 14.4 Å². The van der Waals surface area contributed by atoms with Crippen molar-refractivity contribution in [1.29, 1.82) is 0 Å². The maximum Gasteiger partial charge on any atom is 0.186 e. The number of hydrogen-bond donors (Lipinski definition) is 0. The highest BCUT2D eigenvalue weighted by Gasteiger charge is 2.31. The predicted molar refractivity (Wildman–Crippen MR) is 70.5 cm³/mol. The second-order valence-electron chi connectivity index (χ2n) is 4.28. The first-order chi connectivity index (χ1) is 8.80. The lowest BCUT2D eigenvalue weighted by atomic mass is 10.4. The van der Waals surface area contributed by atoms with Gasteiger partial charge in [0.2, 0.25) is 0 Å². The Labute approximate surface area is 111 Å². The molecular formula is C12H18N2O3S. The molecule has 0 unspecified atom stereocenters. The summed E-state index contributed by atoms with van der Waals surface area (Å²) in [5, 5.41) is 0.906. The van der Waals surface area contributed by atoms with E-state index in [0.717, 1.165) is 23.7 Å². The third kappa shape index (κ3) is 3.07. The van der Waals surface area contributed by atoms with Crippen molar-refractivity contribution in [3.8, 4) is 0 Å². The fourth-order valence-corrected chi connectivity index (χ4v) is 2.80. The number of ether oxygens (including phenoxy) is 2. The fourth-order valence-electron chi connectivity index (χ4n) is 1.82.